The minimum atomic E-state index is -0.429. The maximum Gasteiger partial charge on any atom is 0.170 e. The van der Waals surface area contributed by atoms with Crippen molar-refractivity contribution in [3.05, 3.63) is 29.0 Å². The molecule has 1 aliphatic rings. The fraction of sp³-hybridized carbons (Fsp3) is 0.562. The Balaban J connectivity index is 1.64. The first-order valence-corrected chi connectivity index (χ1v) is 8.55. The van der Waals surface area contributed by atoms with E-state index in [1.54, 1.807) is 6.07 Å². The van der Waals surface area contributed by atoms with E-state index in [2.05, 4.69) is 22.5 Å². The zero-order valence-corrected chi connectivity index (χ0v) is 14.4. The van der Waals surface area contributed by atoms with Crippen molar-refractivity contribution in [2.75, 3.05) is 31.5 Å². The minimum Gasteiger partial charge on any atom is -0.362 e. The van der Waals surface area contributed by atoms with Crippen molar-refractivity contribution in [1.82, 2.24) is 10.2 Å². The molecule has 6 heteroatoms. The van der Waals surface area contributed by atoms with Crippen LogP contribution in [0.5, 0.6) is 0 Å². The third-order valence-corrected chi connectivity index (χ3v) is 4.39. The summed E-state index contributed by atoms with van der Waals surface area (Å²) in [4.78, 5) is 2.52. The number of hydrogen-bond donors (Lipinski definition) is 2. The molecule has 3 nitrogen and oxygen atoms in total. The van der Waals surface area contributed by atoms with E-state index in [1.165, 1.54) is 38.1 Å². The summed E-state index contributed by atoms with van der Waals surface area (Å²) in [5, 5.41) is 6.81. The van der Waals surface area contributed by atoms with Gasteiger partial charge >= 0.3 is 0 Å². The van der Waals surface area contributed by atoms with Crippen LogP contribution in [0.25, 0.3) is 0 Å². The number of nitrogens with one attached hydrogen (secondary N) is 2. The highest BCUT2D eigenvalue weighted by atomic mass is 35.5. The molecule has 0 amide bonds. The van der Waals surface area contributed by atoms with Crippen LogP contribution in [-0.2, 0) is 0 Å². The Morgan fingerprint density at radius 3 is 3.05 bits per heavy atom. The first-order valence-electron chi connectivity index (χ1n) is 7.77. The van der Waals surface area contributed by atoms with E-state index in [4.69, 9.17) is 23.8 Å². The van der Waals surface area contributed by atoms with E-state index < -0.39 is 5.82 Å². The van der Waals surface area contributed by atoms with E-state index >= 15 is 0 Å². The summed E-state index contributed by atoms with van der Waals surface area (Å²) in [6.07, 6.45) is 3.71. The Bertz CT molecular complexity index is 512. The number of benzene rings is 1. The summed E-state index contributed by atoms with van der Waals surface area (Å²) in [6, 6.07) is 4.47. The number of piperidine rings is 1. The van der Waals surface area contributed by atoms with Crippen molar-refractivity contribution in [1.29, 1.82) is 0 Å². The highest BCUT2D eigenvalue weighted by molar-refractivity contribution is 7.80. The van der Waals surface area contributed by atoms with Crippen molar-refractivity contribution in [3.8, 4) is 0 Å². The lowest BCUT2D eigenvalue weighted by atomic mass is 10.0. The molecule has 0 spiro atoms. The second-order valence-corrected chi connectivity index (χ2v) is 6.73. The van der Waals surface area contributed by atoms with Gasteiger partial charge in [0.15, 0.2) is 5.11 Å². The zero-order valence-electron chi connectivity index (χ0n) is 12.9. The monoisotopic (exact) mass is 343 g/mol. The molecule has 1 atom stereocenters. The average Bonchev–Trinajstić information content (AvgIpc) is 2.48. The number of anilines is 1. The van der Waals surface area contributed by atoms with E-state index in [9.17, 15) is 4.39 Å². The molecule has 1 aromatic rings. The van der Waals surface area contributed by atoms with Gasteiger partial charge in [-0.05, 0) is 68.7 Å². The van der Waals surface area contributed by atoms with Gasteiger partial charge in [-0.3, -0.25) is 0 Å². The SMILES string of the molecule is CC1CCCN(CCCNC(=S)Nc2ccc(F)c(Cl)c2)C1. The van der Waals surface area contributed by atoms with Crippen molar-refractivity contribution in [2.24, 2.45) is 5.92 Å². The number of nitrogens with zero attached hydrogens (tertiary/aromatic N) is 1. The molecule has 1 heterocycles. The Kier molecular flexibility index (Phi) is 6.86. The fourth-order valence-corrected chi connectivity index (χ4v) is 3.14. The predicted octanol–water partition coefficient (Wildman–Crippen LogP) is 3.89. The van der Waals surface area contributed by atoms with Crippen LogP contribution in [0.1, 0.15) is 26.2 Å². The summed E-state index contributed by atoms with van der Waals surface area (Å²) >= 11 is 11.0. The van der Waals surface area contributed by atoms with Gasteiger partial charge in [-0.2, -0.15) is 0 Å². The van der Waals surface area contributed by atoms with Gasteiger partial charge < -0.3 is 15.5 Å². The van der Waals surface area contributed by atoms with Gasteiger partial charge in [0.2, 0.25) is 0 Å². The van der Waals surface area contributed by atoms with E-state index in [0.717, 1.165) is 25.4 Å². The second kappa shape index (κ2) is 8.65. The van der Waals surface area contributed by atoms with Gasteiger partial charge in [-0.15, -0.1) is 0 Å². The van der Waals surface area contributed by atoms with Gasteiger partial charge in [0.05, 0.1) is 5.02 Å². The van der Waals surface area contributed by atoms with Crippen LogP contribution in [0, 0.1) is 11.7 Å². The van der Waals surface area contributed by atoms with Crippen molar-refractivity contribution >= 4 is 34.6 Å². The standard InChI is InChI=1S/C16H23ClFN3S/c1-12-4-2-8-21(11-12)9-3-7-19-16(22)20-13-5-6-15(18)14(17)10-13/h5-6,10,12H,2-4,7-9,11H2,1H3,(H2,19,20,22). The minimum absolute atomic E-state index is 0.0898. The fourth-order valence-electron chi connectivity index (χ4n) is 2.74. The van der Waals surface area contributed by atoms with Crippen molar-refractivity contribution < 1.29 is 4.39 Å². The number of likely N-dealkylation sites (tertiary alicyclic amines) is 1. The number of hydrogen-bond acceptors (Lipinski definition) is 2. The summed E-state index contributed by atoms with van der Waals surface area (Å²) in [6.45, 7) is 6.66. The molecular formula is C16H23ClFN3S. The van der Waals surface area contributed by atoms with Crippen LogP contribution in [0.4, 0.5) is 10.1 Å². The van der Waals surface area contributed by atoms with E-state index in [1.807, 2.05) is 0 Å². The van der Waals surface area contributed by atoms with Crippen molar-refractivity contribution in [3.63, 3.8) is 0 Å². The highest BCUT2D eigenvalue weighted by Crippen LogP contribution is 2.19. The van der Waals surface area contributed by atoms with Crippen LogP contribution in [0.2, 0.25) is 5.02 Å². The third-order valence-electron chi connectivity index (χ3n) is 3.86. The van der Waals surface area contributed by atoms with Crippen LogP contribution < -0.4 is 10.6 Å². The van der Waals surface area contributed by atoms with Crippen LogP contribution in [0.15, 0.2) is 18.2 Å². The summed E-state index contributed by atoms with van der Waals surface area (Å²) in [7, 11) is 0. The van der Waals surface area contributed by atoms with E-state index in [0.29, 0.717) is 10.8 Å². The van der Waals surface area contributed by atoms with Crippen LogP contribution in [0.3, 0.4) is 0 Å². The molecule has 1 fully saturated rings. The lowest BCUT2D eigenvalue weighted by molar-refractivity contribution is 0.182. The molecule has 1 aliphatic heterocycles. The lowest BCUT2D eigenvalue weighted by Gasteiger charge is -2.30. The largest absolute Gasteiger partial charge is 0.362 e. The maximum absolute atomic E-state index is 13.1. The number of rotatable bonds is 5. The van der Waals surface area contributed by atoms with Gasteiger partial charge in [-0.1, -0.05) is 18.5 Å². The van der Waals surface area contributed by atoms with Crippen LogP contribution >= 0.6 is 23.8 Å². The van der Waals surface area contributed by atoms with Gasteiger partial charge in [0, 0.05) is 18.8 Å². The van der Waals surface area contributed by atoms with Gasteiger partial charge in [-0.25, -0.2) is 4.39 Å². The molecule has 2 N–H and O–H groups in total. The topological polar surface area (TPSA) is 27.3 Å². The number of thiocarbonyl (C=S) groups is 1. The maximum atomic E-state index is 13.1. The quantitative estimate of drug-likeness (QED) is 0.626. The molecule has 1 aromatic carbocycles. The average molecular weight is 344 g/mol. The molecule has 0 radical (unpaired) electrons. The zero-order chi connectivity index (χ0) is 15.9. The molecule has 0 saturated carbocycles. The molecule has 0 aromatic heterocycles. The Morgan fingerprint density at radius 2 is 2.32 bits per heavy atom. The summed E-state index contributed by atoms with van der Waals surface area (Å²) in [5.41, 5.74) is 0.689. The van der Waals surface area contributed by atoms with Crippen LogP contribution in [-0.4, -0.2) is 36.2 Å². The molecule has 0 aliphatic carbocycles. The first-order chi connectivity index (χ1) is 10.5. The molecular weight excluding hydrogens is 321 g/mol. The van der Waals surface area contributed by atoms with Gasteiger partial charge in [0.1, 0.15) is 5.82 Å². The predicted molar refractivity (Wildman–Crippen MR) is 95.1 cm³/mol. The smallest absolute Gasteiger partial charge is 0.170 e. The number of halogens is 2. The molecule has 1 saturated heterocycles. The third kappa shape index (κ3) is 5.71. The Morgan fingerprint density at radius 1 is 1.50 bits per heavy atom. The molecule has 0 bridgehead atoms. The van der Waals surface area contributed by atoms with Crippen molar-refractivity contribution in [2.45, 2.75) is 26.2 Å². The highest BCUT2D eigenvalue weighted by Gasteiger charge is 2.15. The lowest BCUT2D eigenvalue weighted by Crippen LogP contribution is -2.37. The summed E-state index contributed by atoms with van der Waals surface area (Å²) < 4.78 is 13.1. The normalized spacial score (nSPS) is 19.0. The first kappa shape index (κ1) is 17.4. The molecule has 22 heavy (non-hydrogen) atoms. The van der Waals surface area contributed by atoms with Gasteiger partial charge in [0.25, 0.3) is 0 Å². The molecule has 1 unspecified atom stereocenters. The molecule has 122 valence electrons. The summed E-state index contributed by atoms with van der Waals surface area (Å²) in [5.74, 6) is 0.384. The Labute approximate surface area is 142 Å². The molecule has 2 rings (SSSR count). The van der Waals surface area contributed by atoms with E-state index in [-0.39, 0.29) is 5.02 Å². The second-order valence-electron chi connectivity index (χ2n) is 5.91. The Hall–Kier alpha value is -0.910.